The Labute approximate surface area is 188 Å². The maximum Gasteiger partial charge on any atom is 0.253 e. The second kappa shape index (κ2) is 7.23. The molecule has 3 atom stereocenters. The van der Waals surface area contributed by atoms with Crippen LogP contribution in [0.1, 0.15) is 23.2 Å². The summed E-state index contributed by atoms with van der Waals surface area (Å²) in [5.41, 5.74) is 8.83. The molecular formula is C22H20ClN7O2. The fourth-order valence-corrected chi connectivity index (χ4v) is 5.36. The summed E-state index contributed by atoms with van der Waals surface area (Å²) < 4.78 is 7.25. The fraction of sp³-hybridized carbons (Fsp3) is 0.273. The summed E-state index contributed by atoms with van der Waals surface area (Å²) in [5.74, 6) is 0.575. The van der Waals surface area contributed by atoms with E-state index in [1.54, 1.807) is 29.4 Å². The zero-order valence-electron chi connectivity index (χ0n) is 17.0. The molecule has 4 aromatic rings. The highest BCUT2D eigenvalue weighted by molar-refractivity contribution is 6.34. The summed E-state index contributed by atoms with van der Waals surface area (Å²) in [7, 11) is 0. The molecule has 1 saturated heterocycles. The lowest BCUT2D eigenvalue weighted by atomic mass is 10.1. The number of rotatable bonds is 4. The number of benzene rings is 2. The largest absolute Gasteiger partial charge is 0.380 e. The Hall–Kier alpha value is -3.59. The van der Waals surface area contributed by atoms with Crippen molar-refractivity contribution in [2.75, 3.05) is 17.2 Å². The maximum atomic E-state index is 13.1. The Balaban J connectivity index is 1.24. The smallest absolute Gasteiger partial charge is 0.253 e. The van der Waals surface area contributed by atoms with E-state index >= 15 is 0 Å². The third kappa shape index (κ3) is 2.92. The number of piperidine rings is 1. The van der Waals surface area contributed by atoms with Gasteiger partial charge in [0.25, 0.3) is 5.91 Å². The van der Waals surface area contributed by atoms with Crippen LogP contribution in [-0.2, 0) is 0 Å². The van der Waals surface area contributed by atoms with Gasteiger partial charge < -0.3 is 20.5 Å². The summed E-state index contributed by atoms with van der Waals surface area (Å²) in [6, 6.07) is 11.4. The number of amides is 1. The molecule has 32 heavy (non-hydrogen) atoms. The Morgan fingerprint density at radius 2 is 2.03 bits per heavy atom. The summed E-state index contributed by atoms with van der Waals surface area (Å²) in [6.45, 7) is 0.843. The highest BCUT2D eigenvalue weighted by Gasteiger charge is 2.48. The molecule has 0 spiro atoms. The van der Waals surface area contributed by atoms with Gasteiger partial charge in [-0.15, -0.1) is 10.2 Å². The summed E-state index contributed by atoms with van der Waals surface area (Å²) >= 11 is 6.45. The van der Waals surface area contributed by atoms with Gasteiger partial charge in [0.2, 0.25) is 0 Å². The molecule has 6 rings (SSSR count). The monoisotopic (exact) mass is 449 g/mol. The van der Waals surface area contributed by atoms with Crippen molar-refractivity contribution in [2.24, 2.45) is 5.92 Å². The van der Waals surface area contributed by atoms with E-state index < -0.39 is 0 Å². The lowest BCUT2D eigenvalue weighted by Crippen LogP contribution is -2.43. The van der Waals surface area contributed by atoms with Crippen LogP contribution in [-0.4, -0.2) is 44.5 Å². The number of anilines is 2. The number of nitrogens with two attached hydrogens (primary N) is 1. The van der Waals surface area contributed by atoms with Gasteiger partial charge in [-0.25, -0.2) is 0 Å². The first-order valence-corrected chi connectivity index (χ1v) is 10.8. The Morgan fingerprint density at radius 1 is 1.19 bits per heavy atom. The van der Waals surface area contributed by atoms with Gasteiger partial charge in [-0.3, -0.25) is 9.36 Å². The Morgan fingerprint density at radius 3 is 2.84 bits per heavy atom. The molecule has 1 amide bonds. The van der Waals surface area contributed by atoms with E-state index in [1.165, 1.54) is 0 Å². The van der Waals surface area contributed by atoms with Crippen LogP contribution in [0, 0.1) is 5.92 Å². The Kier molecular flexibility index (Phi) is 4.32. The quantitative estimate of drug-likeness (QED) is 0.492. The van der Waals surface area contributed by atoms with Crippen LogP contribution in [0.25, 0.3) is 16.7 Å². The first-order valence-electron chi connectivity index (χ1n) is 10.5. The number of aromatic nitrogens is 4. The number of para-hydroxylation sites is 1. The second-order valence-electron chi connectivity index (χ2n) is 8.31. The highest BCUT2D eigenvalue weighted by Crippen LogP contribution is 2.43. The molecule has 162 valence electrons. The average Bonchev–Trinajstić information content (AvgIpc) is 3.59. The average molecular weight is 450 g/mol. The standard InChI is InChI=1S/C22H20ClN7O2/c23-16-8-13(29-10-25-26-11-29)5-6-14(16)22(31)27-19-12-4-7-17(19)30(9-12)18-3-1-2-15-20(18)32-28-21(15)24/h1-3,5-6,8,10-12,17,19H,4,7,9H2,(H2,24,28)(H,27,31). The molecule has 2 aromatic heterocycles. The number of hydrogen-bond donors (Lipinski definition) is 2. The van der Waals surface area contributed by atoms with Crippen LogP contribution in [0.15, 0.2) is 53.6 Å². The minimum Gasteiger partial charge on any atom is -0.380 e. The van der Waals surface area contributed by atoms with Gasteiger partial charge in [-0.1, -0.05) is 22.8 Å². The van der Waals surface area contributed by atoms with Crippen molar-refractivity contribution in [3.05, 3.63) is 59.6 Å². The maximum absolute atomic E-state index is 13.1. The van der Waals surface area contributed by atoms with Crippen molar-refractivity contribution in [3.8, 4) is 5.69 Å². The molecule has 0 radical (unpaired) electrons. The van der Waals surface area contributed by atoms with Gasteiger partial charge >= 0.3 is 0 Å². The van der Waals surface area contributed by atoms with E-state index in [0.717, 1.165) is 36.1 Å². The molecule has 2 aromatic carbocycles. The molecule has 3 N–H and O–H groups in total. The number of fused-ring (bicyclic) bond motifs is 3. The number of nitrogens with zero attached hydrogens (tertiary/aromatic N) is 5. The molecule has 2 aliphatic rings. The topological polar surface area (TPSA) is 115 Å². The number of carbonyl (C=O) groups is 1. The van der Waals surface area contributed by atoms with Gasteiger partial charge in [-0.05, 0) is 49.1 Å². The van der Waals surface area contributed by atoms with Crippen LogP contribution in [0.4, 0.5) is 11.5 Å². The number of nitrogen functional groups attached to an aromatic ring is 1. The number of halogens is 1. The molecule has 10 heteroatoms. The second-order valence-corrected chi connectivity index (χ2v) is 8.72. The Bertz CT molecular complexity index is 1320. The van der Waals surface area contributed by atoms with E-state index in [1.807, 2.05) is 24.3 Å². The SMILES string of the molecule is Nc1noc2c(N3CC4CCC3C4NC(=O)c3ccc(-n4cnnc4)cc3Cl)cccc12. The van der Waals surface area contributed by atoms with Crippen LogP contribution in [0.5, 0.6) is 0 Å². The first-order chi connectivity index (χ1) is 15.6. The third-order valence-corrected chi connectivity index (χ3v) is 6.93. The van der Waals surface area contributed by atoms with Crippen LogP contribution < -0.4 is 16.0 Å². The molecule has 2 bridgehead atoms. The van der Waals surface area contributed by atoms with Crippen LogP contribution in [0.2, 0.25) is 5.02 Å². The zero-order valence-corrected chi connectivity index (χ0v) is 17.7. The van der Waals surface area contributed by atoms with Crippen LogP contribution >= 0.6 is 11.6 Å². The molecule has 2 fully saturated rings. The minimum atomic E-state index is -0.170. The molecule has 1 aliphatic carbocycles. The van der Waals surface area contributed by atoms with Crippen molar-refractivity contribution in [1.29, 1.82) is 0 Å². The predicted octanol–water partition coefficient (Wildman–Crippen LogP) is 3.04. The molecular weight excluding hydrogens is 430 g/mol. The summed E-state index contributed by atoms with van der Waals surface area (Å²) in [5, 5.41) is 15.9. The van der Waals surface area contributed by atoms with E-state index in [-0.39, 0.29) is 18.0 Å². The highest BCUT2D eigenvalue weighted by atomic mass is 35.5. The lowest BCUT2D eigenvalue weighted by molar-refractivity contribution is 0.0932. The molecule has 1 aliphatic heterocycles. The summed E-state index contributed by atoms with van der Waals surface area (Å²) in [6.07, 6.45) is 5.23. The van der Waals surface area contributed by atoms with E-state index in [0.29, 0.717) is 27.9 Å². The van der Waals surface area contributed by atoms with Crippen molar-refractivity contribution in [2.45, 2.75) is 24.9 Å². The number of nitrogens with one attached hydrogen (secondary N) is 1. The van der Waals surface area contributed by atoms with Crippen molar-refractivity contribution < 1.29 is 9.32 Å². The van der Waals surface area contributed by atoms with Crippen molar-refractivity contribution in [3.63, 3.8) is 0 Å². The molecule has 3 unspecified atom stereocenters. The molecule has 1 saturated carbocycles. The molecule has 9 nitrogen and oxygen atoms in total. The normalized spacial score (nSPS) is 22.0. The summed E-state index contributed by atoms with van der Waals surface area (Å²) in [4.78, 5) is 15.4. The minimum absolute atomic E-state index is 0.0339. The van der Waals surface area contributed by atoms with E-state index in [2.05, 4.69) is 25.6 Å². The number of hydrogen-bond acceptors (Lipinski definition) is 7. The predicted molar refractivity (Wildman–Crippen MR) is 120 cm³/mol. The van der Waals surface area contributed by atoms with Crippen LogP contribution in [0.3, 0.4) is 0 Å². The fourth-order valence-electron chi connectivity index (χ4n) is 5.10. The van der Waals surface area contributed by atoms with Gasteiger partial charge in [0, 0.05) is 18.3 Å². The van der Waals surface area contributed by atoms with E-state index in [4.69, 9.17) is 21.9 Å². The van der Waals surface area contributed by atoms with Gasteiger partial charge in [0.15, 0.2) is 11.4 Å². The third-order valence-electron chi connectivity index (χ3n) is 6.61. The van der Waals surface area contributed by atoms with Gasteiger partial charge in [0.1, 0.15) is 12.7 Å². The lowest BCUT2D eigenvalue weighted by Gasteiger charge is -2.29. The number of carbonyl (C=O) groups excluding carboxylic acids is 1. The van der Waals surface area contributed by atoms with Crippen molar-refractivity contribution in [1.82, 2.24) is 25.2 Å². The van der Waals surface area contributed by atoms with Gasteiger partial charge in [-0.2, -0.15) is 0 Å². The molecule has 3 heterocycles. The zero-order chi connectivity index (χ0) is 21.8. The van der Waals surface area contributed by atoms with E-state index in [9.17, 15) is 4.79 Å². The van der Waals surface area contributed by atoms with Crippen molar-refractivity contribution >= 4 is 40.0 Å². The first kappa shape index (κ1) is 19.1. The van der Waals surface area contributed by atoms with Gasteiger partial charge in [0.05, 0.1) is 27.7 Å².